The van der Waals surface area contributed by atoms with Crippen LogP contribution in [-0.4, -0.2) is 24.3 Å². The van der Waals surface area contributed by atoms with Crippen molar-refractivity contribution in [2.24, 2.45) is 0 Å². The topological polar surface area (TPSA) is 73.3 Å². The van der Waals surface area contributed by atoms with E-state index in [9.17, 15) is 0 Å². The van der Waals surface area contributed by atoms with Gasteiger partial charge in [-0.1, -0.05) is 0 Å². The number of nitriles is 1. The van der Waals surface area contributed by atoms with Crippen molar-refractivity contribution in [1.29, 1.82) is 5.26 Å². The number of aliphatic hydroxyl groups is 1. The first kappa shape index (κ1) is 10.8. The van der Waals surface area contributed by atoms with Crippen LogP contribution in [0, 0.1) is 11.3 Å². The molecule has 3 N–H and O–H groups in total. The van der Waals surface area contributed by atoms with Gasteiger partial charge in [-0.2, -0.15) is 5.26 Å². The van der Waals surface area contributed by atoms with Crippen molar-refractivity contribution in [3.05, 3.63) is 23.8 Å². The minimum atomic E-state index is 0.103. The molecule has 1 aromatic carbocycles. The number of nitrogens with zero attached hydrogens (tertiary/aromatic N) is 2. The molecule has 1 saturated carbocycles. The number of hydrogen-bond acceptors (Lipinski definition) is 4. The lowest BCUT2D eigenvalue weighted by Gasteiger charge is -2.24. The fourth-order valence-corrected chi connectivity index (χ4v) is 1.89. The van der Waals surface area contributed by atoms with Crippen LogP contribution in [0.2, 0.25) is 0 Å². The van der Waals surface area contributed by atoms with Gasteiger partial charge in [0.05, 0.1) is 17.9 Å². The van der Waals surface area contributed by atoms with E-state index < -0.39 is 0 Å². The smallest absolute Gasteiger partial charge is 0.101 e. The summed E-state index contributed by atoms with van der Waals surface area (Å²) < 4.78 is 0. The van der Waals surface area contributed by atoms with E-state index in [-0.39, 0.29) is 6.61 Å². The molecule has 0 heterocycles. The number of nitrogens with two attached hydrogens (primary N) is 1. The van der Waals surface area contributed by atoms with Gasteiger partial charge in [0.15, 0.2) is 0 Å². The van der Waals surface area contributed by atoms with Gasteiger partial charge in [-0.25, -0.2) is 0 Å². The van der Waals surface area contributed by atoms with E-state index in [1.807, 2.05) is 6.07 Å². The molecule has 0 bridgehead atoms. The Hall–Kier alpha value is -1.73. The number of aliphatic hydroxyl groups excluding tert-OH is 1. The van der Waals surface area contributed by atoms with Gasteiger partial charge in [-0.15, -0.1) is 0 Å². The monoisotopic (exact) mass is 217 g/mol. The highest BCUT2D eigenvalue weighted by Gasteiger charge is 2.30. The third-order valence-corrected chi connectivity index (χ3v) is 2.78. The van der Waals surface area contributed by atoms with Gasteiger partial charge in [0.2, 0.25) is 0 Å². The summed E-state index contributed by atoms with van der Waals surface area (Å²) in [5.74, 6) is 0. The van der Waals surface area contributed by atoms with Crippen LogP contribution in [-0.2, 0) is 0 Å². The van der Waals surface area contributed by atoms with Gasteiger partial charge < -0.3 is 15.7 Å². The number of benzene rings is 1. The Bertz CT molecular complexity index is 421. The van der Waals surface area contributed by atoms with Crippen LogP contribution < -0.4 is 10.6 Å². The summed E-state index contributed by atoms with van der Waals surface area (Å²) in [4.78, 5) is 2.10. The first-order chi connectivity index (χ1) is 7.76. The summed E-state index contributed by atoms with van der Waals surface area (Å²) in [7, 11) is 0. The molecule has 1 aliphatic carbocycles. The van der Waals surface area contributed by atoms with Crippen LogP contribution in [0.25, 0.3) is 0 Å². The van der Waals surface area contributed by atoms with Crippen LogP contribution >= 0.6 is 0 Å². The van der Waals surface area contributed by atoms with E-state index in [4.69, 9.17) is 16.1 Å². The summed E-state index contributed by atoms with van der Waals surface area (Å²) in [5.41, 5.74) is 7.71. The zero-order chi connectivity index (χ0) is 11.5. The summed E-state index contributed by atoms with van der Waals surface area (Å²) in [6.07, 6.45) is 2.27. The van der Waals surface area contributed by atoms with E-state index in [0.29, 0.717) is 23.8 Å². The Labute approximate surface area is 94.9 Å². The van der Waals surface area contributed by atoms with Gasteiger partial charge in [-0.3, -0.25) is 0 Å². The highest BCUT2D eigenvalue weighted by molar-refractivity contribution is 5.65. The van der Waals surface area contributed by atoms with Crippen LogP contribution in [0.1, 0.15) is 18.4 Å². The van der Waals surface area contributed by atoms with Crippen molar-refractivity contribution in [3.8, 4) is 6.07 Å². The van der Waals surface area contributed by atoms with E-state index in [1.165, 1.54) is 0 Å². The van der Waals surface area contributed by atoms with Crippen LogP contribution in [0.4, 0.5) is 11.4 Å². The lowest BCUT2D eigenvalue weighted by atomic mass is 10.1. The summed E-state index contributed by atoms with van der Waals surface area (Å²) >= 11 is 0. The van der Waals surface area contributed by atoms with Gasteiger partial charge >= 0.3 is 0 Å². The molecule has 0 atom stereocenters. The molecule has 0 amide bonds. The number of rotatable bonds is 4. The fraction of sp³-hybridized carbons (Fsp3) is 0.417. The van der Waals surface area contributed by atoms with Crippen molar-refractivity contribution in [3.63, 3.8) is 0 Å². The predicted molar refractivity (Wildman–Crippen MR) is 63.0 cm³/mol. The Morgan fingerprint density at radius 2 is 2.25 bits per heavy atom. The highest BCUT2D eigenvalue weighted by Crippen LogP contribution is 2.33. The maximum absolute atomic E-state index is 9.07. The number of hydrogen-bond donors (Lipinski definition) is 2. The number of anilines is 2. The molecule has 1 fully saturated rings. The molecule has 0 radical (unpaired) electrons. The zero-order valence-corrected chi connectivity index (χ0v) is 9.06. The van der Waals surface area contributed by atoms with Crippen LogP contribution in [0.15, 0.2) is 18.2 Å². The maximum Gasteiger partial charge on any atom is 0.101 e. The first-order valence-corrected chi connectivity index (χ1v) is 5.43. The molecule has 1 aliphatic rings. The van der Waals surface area contributed by atoms with Crippen molar-refractivity contribution in [1.82, 2.24) is 0 Å². The van der Waals surface area contributed by atoms with Gasteiger partial charge in [0, 0.05) is 18.3 Å². The molecule has 4 heteroatoms. The summed E-state index contributed by atoms with van der Waals surface area (Å²) in [5, 5.41) is 18.1. The molecule has 1 aromatic rings. The third-order valence-electron chi connectivity index (χ3n) is 2.78. The first-order valence-electron chi connectivity index (χ1n) is 5.43. The molecule has 0 aliphatic heterocycles. The molecule has 0 spiro atoms. The fourth-order valence-electron chi connectivity index (χ4n) is 1.89. The molecule has 0 unspecified atom stereocenters. The molecule has 4 nitrogen and oxygen atoms in total. The summed E-state index contributed by atoms with van der Waals surface area (Å²) in [6, 6.07) is 7.97. The van der Waals surface area contributed by atoms with Crippen molar-refractivity contribution in [2.75, 3.05) is 23.8 Å². The van der Waals surface area contributed by atoms with Crippen molar-refractivity contribution < 1.29 is 5.11 Å². The summed E-state index contributed by atoms with van der Waals surface area (Å²) in [6.45, 7) is 0.676. The van der Waals surface area contributed by atoms with Crippen LogP contribution in [0.3, 0.4) is 0 Å². The van der Waals surface area contributed by atoms with E-state index in [1.54, 1.807) is 12.1 Å². The van der Waals surface area contributed by atoms with Gasteiger partial charge in [0.25, 0.3) is 0 Å². The highest BCUT2D eigenvalue weighted by atomic mass is 16.3. The second-order valence-corrected chi connectivity index (χ2v) is 4.04. The lowest BCUT2D eigenvalue weighted by molar-refractivity contribution is 0.301. The molecule has 2 rings (SSSR count). The normalized spacial score (nSPS) is 14.5. The average Bonchev–Trinajstić information content (AvgIpc) is 3.10. The second kappa shape index (κ2) is 4.42. The quantitative estimate of drug-likeness (QED) is 0.741. The van der Waals surface area contributed by atoms with E-state index in [2.05, 4.69) is 11.0 Å². The Kier molecular flexibility index (Phi) is 2.97. The SMILES string of the molecule is N#Cc1cc(N)ccc1N(CCO)C1CC1. The molecular weight excluding hydrogens is 202 g/mol. The Balaban J connectivity index is 2.33. The minimum absolute atomic E-state index is 0.103. The maximum atomic E-state index is 9.07. The Morgan fingerprint density at radius 3 is 2.81 bits per heavy atom. The Morgan fingerprint density at radius 1 is 1.50 bits per heavy atom. The minimum Gasteiger partial charge on any atom is -0.399 e. The van der Waals surface area contributed by atoms with E-state index >= 15 is 0 Å². The number of nitrogen functional groups attached to an aromatic ring is 1. The largest absolute Gasteiger partial charge is 0.399 e. The van der Waals surface area contributed by atoms with Gasteiger partial charge in [-0.05, 0) is 31.0 Å². The molecular formula is C12H15N3O. The average molecular weight is 217 g/mol. The molecule has 0 aromatic heterocycles. The molecule has 16 heavy (non-hydrogen) atoms. The zero-order valence-electron chi connectivity index (χ0n) is 9.06. The molecule has 84 valence electrons. The predicted octanol–water partition coefficient (Wildman–Crippen LogP) is 1.10. The second-order valence-electron chi connectivity index (χ2n) is 4.04. The lowest BCUT2D eigenvalue weighted by Crippen LogP contribution is -2.29. The molecule has 0 saturated heterocycles. The standard InChI is InChI=1S/C12H15N3O/c13-8-9-7-10(14)1-4-12(9)15(5-6-16)11-2-3-11/h1,4,7,11,16H,2-3,5-6,14H2. The van der Waals surface area contributed by atoms with Crippen molar-refractivity contribution >= 4 is 11.4 Å². The van der Waals surface area contributed by atoms with Crippen molar-refractivity contribution in [2.45, 2.75) is 18.9 Å². The van der Waals surface area contributed by atoms with Crippen LogP contribution in [0.5, 0.6) is 0 Å². The van der Waals surface area contributed by atoms with Gasteiger partial charge in [0.1, 0.15) is 6.07 Å². The third kappa shape index (κ3) is 2.10. The van der Waals surface area contributed by atoms with E-state index in [0.717, 1.165) is 18.5 Å².